The maximum Gasteiger partial charge on any atom is 0.338 e. The number of thiazole rings is 1. The van der Waals surface area contributed by atoms with Gasteiger partial charge in [0.2, 0.25) is 0 Å². The molecule has 2 aliphatic heterocycles. The number of aromatic nitrogens is 1. The number of allylic oxidation sites excluding steroid dienone is 1. The topological polar surface area (TPSA) is 90.2 Å². The van der Waals surface area contributed by atoms with Crippen molar-refractivity contribution < 1.29 is 19.1 Å². The van der Waals surface area contributed by atoms with Gasteiger partial charge in [0.15, 0.2) is 4.80 Å². The highest BCUT2D eigenvalue weighted by atomic mass is 32.1. The van der Waals surface area contributed by atoms with E-state index in [1.165, 1.54) is 4.57 Å². The number of carbonyl (C=O) groups excluding carboxylic acids is 2. The van der Waals surface area contributed by atoms with E-state index in [9.17, 15) is 14.4 Å². The number of methoxy groups -OCH3 is 1. The number of anilines is 1. The van der Waals surface area contributed by atoms with E-state index in [2.05, 4.69) is 4.99 Å². The standard InChI is InChI=1S/C30H25N3O5S/c1-5-38-29(36)22-16(2)31-30-33(25(22)23-18-11-7-6-10-17(18)14-15-21(23)37-4)28(35)26(39-30)24-19-12-8-9-13-20(19)32(3)27(24)34/h6-15,25H,5H2,1-4H3/b26-24-/t25-/m0/s1. The van der Waals surface area contributed by atoms with Gasteiger partial charge in [0.05, 0.1) is 36.2 Å². The van der Waals surface area contributed by atoms with Crippen molar-refractivity contribution in [2.24, 2.45) is 4.99 Å². The van der Waals surface area contributed by atoms with Crippen LogP contribution in [0.4, 0.5) is 5.69 Å². The largest absolute Gasteiger partial charge is 0.496 e. The second kappa shape index (κ2) is 9.36. The van der Waals surface area contributed by atoms with Crippen molar-refractivity contribution in [3.63, 3.8) is 0 Å². The number of fused-ring (bicyclic) bond motifs is 3. The molecule has 0 radical (unpaired) electrons. The molecule has 2 aliphatic rings. The van der Waals surface area contributed by atoms with Gasteiger partial charge < -0.3 is 14.4 Å². The van der Waals surface area contributed by atoms with E-state index in [0.29, 0.717) is 32.9 Å². The molecule has 0 aliphatic carbocycles. The molecule has 39 heavy (non-hydrogen) atoms. The van der Waals surface area contributed by atoms with E-state index in [-0.39, 0.29) is 22.6 Å². The molecule has 196 valence electrons. The smallest absolute Gasteiger partial charge is 0.338 e. The maximum atomic E-state index is 14.3. The van der Waals surface area contributed by atoms with E-state index >= 15 is 0 Å². The number of likely N-dealkylation sites (N-methyl/N-ethyl adjacent to an activating group) is 1. The number of carbonyl (C=O) groups is 2. The zero-order valence-electron chi connectivity index (χ0n) is 21.8. The predicted octanol–water partition coefficient (Wildman–Crippen LogP) is 3.31. The number of para-hydroxylation sites is 1. The van der Waals surface area contributed by atoms with Gasteiger partial charge in [-0.15, -0.1) is 0 Å². The molecule has 0 bridgehead atoms. The Labute approximate surface area is 227 Å². The number of amides is 1. The lowest BCUT2D eigenvalue weighted by Crippen LogP contribution is -2.41. The normalized spacial score (nSPS) is 17.7. The van der Waals surface area contributed by atoms with Gasteiger partial charge in [-0.3, -0.25) is 14.2 Å². The number of hydrogen-bond acceptors (Lipinski definition) is 7. The SMILES string of the molecule is CCOC(=O)C1=C(C)N=c2s/c(=C3\C(=O)N(C)c4ccccc43)c(=O)n2[C@@H]1c1c(OC)ccc2ccccc12. The van der Waals surface area contributed by atoms with E-state index in [1.54, 1.807) is 32.9 Å². The average molecular weight is 540 g/mol. The van der Waals surface area contributed by atoms with Crippen LogP contribution in [0.5, 0.6) is 5.75 Å². The minimum atomic E-state index is -0.875. The summed E-state index contributed by atoms with van der Waals surface area (Å²) in [6, 6.07) is 18.0. The molecule has 0 spiro atoms. The first-order chi connectivity index (χ1) is 18.9. The molecule has 1 aromatic heterocycles. The lowest BCUT2D eigenvalue weighted by atomic mass is 9.90. The monoisotopic (exact) mass is 539 g/mol. The van der Waals surface area contributed by atoms with Crippen molar-refractivity contribution in [3.8, 4) is 5.75 Å². The molecule has 9 heteroatoms. The van der Waals surface area contributed by atoms with Crippen LogP contribution in [0.15, 0.2) is 81.7 Å². The summed E-state index contributed by atoms with van der Waals surface area (Å²) >= 11 is 1.15. The minimum Gasteiger partial charge on any atom is -0.496 e. The quantitative estimate of drug-likeness (QED) is 0.371. The van der Waals surface area contributed by atoms with Crippen molar-refractivity contribution in [3.05, 3.63) is 103 Å². The summed E-state index contributed by atoms with van der Waals surface area (Å²) in [5.41, 5.74) is 2.71. The molecular formula is C30H25N3O5S. The van der Waals surface area contributed by atoms with Crippen LogP contribution in [0, 0.1) is 0 Å². The van der Waals surface area contributed by atoms with Gasteiger partial charge >= 0.3 is 5.97 Å². The zero-order valence-corrected chi connectivity index (χ0v) is 22.7. The Morgan fingerprint density at radius 2 is 1.79 bits per heavy atom. The van der Waals surface area contributed by atoms with Gasteiger partial charge in [-0.2, -0.15) is 0 Å². The van der Waals surface area contributed by atoms with E-state index in [1.807, 2.05) is 60.7 Å². The fraction of sp³-hybridized carbons (Fsp3) is 0.200. The molecule has 0 fully saturated rings. The van der Waals surface area contributed by atoms with E-state index in [4.69, 9.17) is 9.47 Å². The molecule has 0 saturated carbocycles. The Morgan fingerprint density at radius 1 is 1.05 bits per heavy atom. The molecule has 0 saturated heterocycles. The van der Waals surface area contributed by atoms with Crippen LogP contribution in [0.2, 0.25) is 0 Å². The van der Waals surface area contributed by atoms with E-state index in [0.717, 1.165) is 27.8 Å². The second-order valence-corrected chi connectivity index (χ2v) is 10.3. The molecule has 6 rings (SSSR count). The first-order valence-electron chi connectivity index (χ1n) is 12.5. The van der Waals surface area contributed by atoms with Crippen molar-refractivity contribution in [1.29, 1.82) is 0 Å². The molecule has 3 aromatic carbocycles. The van der Waals surface area contributed by atoms with E-state index < -0.39 is 17.6 Å². The van der Waals surface area contributed by atoms with Crippen LogP contribution in [-0.2, 0) is 14.3 Å². The third kappa shape index (κ3) is 3.64. The van der Waals surface area contributed by atoms with Gasteiger partial charge in [-0.05, 0) is 36.8 Å². The third-order valence-electron chi connectivity index (χ3n) is 7.20. The van der Waals surface area contributed by atoms with Gasteiger partial charge in [0.1, 0.15) is 16.3 Å². The predicted molar refractivity (Wildman–Crippen MR) is 150 cm³/mol. The molecule has 1 atom stereocenters. The Balaban J connectivity index is 1.74. The maximum absolute atomic E-state index is 14.3. The number of esters is 1. The molecule has 0 unspecified atom stereocenters. The lowest BCUT2D eigenvalue weighted by molar-refractivity contribution is -0.139. The Morgan fingerprint density at radius 3 is 2.56 bits per heavy atom. The van der Waals surface area contributed by atoms with Crippen molar-refractivity contribution in [2.45, 2.75) is 19.9 Å². The van der Waals surface area contributed by atoms with Gasteiger partial charge in [-0.25, -0.2) is 9.79 Å². The highest BCUT2D eigenvalue weighted by Crippen LogP contribution is 2.40. The van der Waals surface area contributed by atoms with Crippen molar-refractivity contribution in [1.82, 2.24) is 4.57 Å². The summed E-state index contributed by atoms with van der Waals surface area (Å²) in [6.45, 7) is 3.64. The molecular weight excluding hydrogens is 514 g/mol. The number of rotatable bonds is 4. The first-order valence-corrected chi connectivity index (χ1v) is 13.3. The highest BCUT2D eigenvalue weighted by Gasteiger charge is 2.38. The van der Waals surface area contributed by atoms with Crippen LogP contribution < -0.4 is 24.5 Å². The number of hydrogen-bond donors (Lipinski definition) is 0. The summed E-state index contributed by atoms with van der Waals surface area (Å²) in [6.07, 6.45) is 0. The zero-order chi connectivity index (χ0) is 27.4. The van der Waals surface area contributed by atoms with Crippen molar-refractivity contribution >= 4 is 45.2 Å². The fourth-order valence-corrected chi connectivity index (χ4v) is 6.58. The first kappa shape index (κ1) is 24.8. The third-order valence-corrected chi connectivity index (χ3v) is 8.25. The van der Waals surface area contributed by atoms with Crippen LogP contribution in [0.1, 0.15) is 31.0 Å². The molecule has 1 amide bonds. The van der Waals surface area contributed by atoms with Crippen LogP contribution in [0.3, 0.4) is 0 Å². The molecule has 4 aromatic rings. The highest BCUT2D eigenvalue weighted by molar-refractivity contribution is 7.07. The van der Waals surface area contributed by atoms with Crippen LogP contribution in [0.25, 0.3) is 16.3 Å². The summed E-state index contributed by atoms with van der Waals surface area (Å²) in [5.74, 6) is -0.295. The summed E-state index contributed by atoms with van der Waals surface area (Å²) in [5, 5.41) is 1.76. The van der Waals surface area contributed by atoms with Crippen LogP contribution in [-0.4, -0.2) is 37.2 Å². The second-order valence-electron chi connectivity index (χ2n) is 9.28. The summed E-state index contributed by atoms with van der Waals surface area (Å²) in [4.78, 5) is 47.7. The Hall–Kier alpha value is -4.50. The molecule has 8 nitrogen and oxygen atoms in total. The number of benzene rings is 3. The lowest BCUT2D eigenvalue weighted by Gasteiger charge is -2.27. The number of nitrogens with zero attached hydrogens (tertiary/aromatic N) is 3. The Kier molecular flexibility index (Phi) is 5.95. The Bertz CT molecular complexity index is 1920. The minimum absolute atomic E-state index is 0.168. The average Bonchev–Trinajstić information content (AvgIpc) is 3.39. The van der Waals surface area contributed by atoms with Gasteiger partial charge in [0.25, 0.3) is 11.5 Å². The molecule has 0 N–H and O–H groups in total. The number of ether oxygens (including phenoxy) is 2. The van der Waals surface area contributed by atoms with Crippen LogP contribution >= 0.6 is 11.3 Å². The van der Waals surface area contributed by atoms with Gasteiger partial charge in [0, 0.05) is 18.2 Å². The summed E-state index contributed by atoms with van der Waals surface area (Å²) < 4.78 is 13.0. The fourth-order valence-electron chi connectivity index (χ4n) is 5.44. The van der Waals surface area contributed by atoms with Gasteiger partial charge in [-0.1, -0.05) is 59.9 Å². The van der Waals surface area contributed by atoms with Crippen molar-refractivity contribution in [2.75, 3.05) is 25.7 Å². The summed E-state index contributed by atoms with van der Waals surface area (Å²) in [7, 11) is 3.25. The molecule has 3 heterocycles.